The van der Waals surface area contributed by atoms with Crippen molar-refractivity contribution in [3.05, 3.63) is 72.2 Å². The van der Waals surface area contributed by atoms with Gasteiger partial charge in [0.2, 0.25) is 11.8 Å². The van der Waals surface area contributed by atoms with Gasteiger partial charge >= 0.3 is 0 Å². The van der Waals surface area contributed by atoms with Crippen molar-refractivity contribution in [2.24, 2.45) is 0 Å². The fourth-order valence-electron chi connectivity index (χ4n) is 3.21. The van der Waals surface area contributed by atoms with Gasteiger partial charge in [-0.25, -0.2) is 9.37 Å². The van der Waals surface area contributed by atoms with Crippen LogP contribution in [0.3, 0.4) is 0 Å². The van der Waals surface area contributed by atoms with E-state index < -0.39 is 0 Å². The number of ether oxygens (including phenoxy) is 1. The van der Waals surface area contributed by atoms with Gasteiger partial charge in [-0.05, 0) is 48.7 Å². The van der Waals surface area contributed by atoms with Crippen LogP contribution in [0.15, 0.2) is 60.8 Å². The Hall–Kier alpha value is -3.15. The molecule has 27 heavy (non-hydrogen) atoms. The highest BCUT2D eigenvalue weighted by molar-refractivity contribution is 5.55. The highest BCUT2D eigenvalue weighted by Gasteiger charge is 2.15. The maximum absolute atomic E-state index is 13.0. The summed E-state index contributed by atoms with van der Waals surface area (Å²) in [6.07, 6.45) is 4.13. The predicted octanol–water partition coefficient (Wildman–Crippen LogP) is 4.62. The molecule has 0 amide bonds. The summed E-state index contributed by atoms with van der Waals surface area (Å²) in [4.78, 5) is 11.1. The topological polar surface area (TPSA) is 50.3 Å². The van der Waals surface area contributed by atoms with E-state index in [0.29, 0.717) is 24.1 Å². The van der Waals surface area contributed by atoms with E-state index in [0.717, 1.165) is 13.1 Å². The van der Waals surface area contributed by atoms with Crippen LogP contribution in [0.4, 0.5) is 16.0 Å². The van der Waals surface area contributed by atoms with Crippen molar-refractivity contribution in [2.75, 3.05) is 23.3 Å². The smallest absolute Gasteiger partial charge is 0.226 e. The molecule has 1 aliphatic rings. The largest absolute Gasteiger partial charge is 0.439 e. The number of benzene rings is 2. The Morgan fingerprint density at radius 2 is 1.78 bits per heavy atom. The second-order valence-corrected chi connectivity index (χ2v) is 6.45. The van der Waals surface area contributed by atoms with Gasteiger partial charge in [-0.3, -0.25) is 0 Å². The summed E-state index contributed by atoms with van der Waals surface area (Å²) in [6.45, 7) is 2.84. The summed E-state index contributed by atoms with van der Waals surface area (Å²) in [5.41, 5.74) is 2.48. The van der Waals surface area contributed by atoms with Crippen LogP contribution in [0.25, 0.3) is 0 Å². The van der Waals surface area contributed by atoms with Gasteiger partial charge in [-0.1, -0.05) is 18.2 Å². The van der Waals surface area contributed by atoms with Gasteiger partial charge in [0.1, 0.15) is 11.6 Å². The summed E-state index contributed by atoms with van der Waals surface area (Å²) in [5.74, 6) is 1.13. The Labute approximate surface area is 157 Å². The molecule has 0 unspecified atom stereocenters. The van der Waals surface area contributed by atoms with Gasteiger partial charge in [0.05, 0.1) is 0 Å². The average molecular weight is 364 g/mol. The molecule has 4 rings (SSSR count). The SMILES string of the molecule is Fc1ccc(Oc2ccnc(NCc3ccccc3N3CCCC3)n2)cc1. The highest BCUT2D eigenvalue weighted by atomic mass is 19.1. The zero-order valence-corrected chi connectivity index (χ0v) is 14.9. The summed E-state index contributed by atoms with van der Waals surface area (Å²) in [7, 11) is 0. The lowest BCUT2D eigenvalue weighted by Crippen LogP contribution is -2.20. The normalized spacial score (nSPS) is 13.6. The van der Waals surface area contributed by atoms with Gasteiger partial charge < -0.3 is 15.0 Å². The first-order valence-electron chi connectivity index (χ1n) is 9.11. The van der Waals surface area contributed by atoms with E-state index in [-0.39, 0.29) is 5.82 Å². The molecule has 2 aromatic carbocycles. The molecule has 0 spiro atoms. The fraction of sp³-hybridized carbons (Fsp3) is 0.238. The van der Waals surface area contributed by atoms with Crippen molar-refractivity contribution < 1.29 is 9.13 Å². The third-order valence-corrected chi connectivity index (χ3v) is 4.54. The minimum Gasteiger partial charge on any atom is -0.439 e. The first-order valence-corrected chi connectivity index (χ1v) is 9.11. The second kappa shape index (κ2) is 8.03. The number of halogens is 1. The van der Waals surface area contributed by atoms with Crippen molar-refractivity contribution >= 4 is 11.6 Å². The van der Waals surface area contributed by atoms with E-state index in [1.807, 2.05) is 6.07 Å². The third kappa shape index (κ3) is 4.34. The van der Waals surface area contributed by atoms with Crippen molar-refractivity contribution in [1.82, 2.24) is 9.97 Å². The van der Waals surface area contributed by atoms with Crippen LogP contribution in [0.1, 0.15) is 18.4 Å². The number of nitrogens with one attached hydrogen (secondary N) is 1. The first kappa shape index (κ1) is 17.3. The van der Waals surface area contributed by atoms with Crippen LogP contribution >= 0.6 is 0 Å². The number of para-hydroxylation sites is 1. The molecular weight excluding hydrogens is 343 g/mol. The van der Waals surface area contributed by atoms with Gasteiger partial charge in [0.25, 0.3) is 0 Å². The molecule has 2 heterocycles. The maximum atomic E-state index is 13.0. The molecule has 0 radical (unpaired) electrons. The van der Waals surface area contributed by atoms with Gasteiger partial charge in [-0.2, -0.15) is 4.98 Å². The Bertz CT molecular complexity index is 895. The lowest BCUT2D eigenvalue weighted by molar-refractivity contribution is 0.460. The molecule has 0 aliphatic carbocycles. The van der Waals surface area contributed by atoms with E-state index >= 15 is 0 Å². The lowest BCUT2D eigenvalue weighted by atomic mass is 10.1. The van der Waals surface area contributed by atoms with Crippen LogP contribution in [-0.2, 0) is 6.54 Å². The standard InChI is InChI=1S/C21H21FN4O/c22-17-7-9-18(10-8-17)27-20-11-12-23-21(25-20)24-15-16-5-1-2-6-19(16)26-13-3-4-14-26/h1-2,5-12H,3-4,13-15H2,(H,23,24,25). The molecule has 0 saturated carbocycles. The Balaban J connectivity index is 1.44. The van der Waals surface area contributed by atoms with E-state index in [9.17, 15) is 4.39 Å². The Morgan fingerprint density at radius 3 is 2.59 bits per heavy atom. The van der Waals surface area contributed by atoms with E-state index in [4.69, 9.17) is 4.74 Å². The van der Waals surface area contributed by atoms with Gasteiger partial charge in [-0.15, -0.1) is 0 Å². The Morgan fingerprint density at radius 1 is 1.00 bits per heavy atom. The van der Waals surface area contributed by atoms with Crippen LogP contribution in [0.2, 0.25) is 0 Å². The number of hydrogen-bond donors (Lipinski definition) is 1. The zero-order chi connectivity index (χ0) is 18.5. The molecule has 6 heteroatoms. The molecule has 1 N–H and O–H groups in total. The lowest BCUT2D eigenvalue weighted by Gasteiger charge is -2.21. The van der Waals surface area contributed by atoms with Crippen molar-refractivity contribution in [1.29, 1.82) is 0 Å². The summed E-state index contributed by atoms with van der Waals surface area (Å²) in [5, 5.41) is 3.27. The van der Waals surface area contributed by atoms with Crippen molar-refractivity contribution in [2.45, 2.75) is 19.4 Å². The molecule has 0 bridgehead atoms. The molecule has 1 saturated heterocycles. The molecular formula is C21H21FN4O. The fourth-order valence-corrected chi connectivity index (χ4v) is 3.21. The van der Waals surface area contributed by atoms with Crippen LogP contribution in [-0.4, -0.2) is 23.1 Å². The van der Waals surface area contributed by atoms with Crippen LogP contribution in [0.5, 0.6) is 11.6 Å². The van der Waals surface area contributed by atoms with E-state index in [1.54, 1.807) is 24.4 Å². The highest BCUT2D eigenvalue weighted by Crippen LogP contribution is 2.25. The molecule has 1 aliphatic heterocycles. The van der Waals surface area contributed by atoms with E-state index in [1.165, 1.54) is 36.2 Å². The maximum Gasteiger partial charge on any atom is 0.226 e. The zero-order valence-electron chi connectivity index (χ0n) is 14.9. The summed E-state index contributed by atoms with van der Waals surface area (Å²) in [6, 6.07) is 15.9. The van der Waals surface area contributed by atoms with Gasteiger partial charge in [0.15, 0.2) is 0 Å². The molecule has 138 valence electrons. The monoisotopic (exact) mass is 364 g/mol. The van der Waals surface area contributed by atoms with Crippen LogP contribution in [0, 0.1) is 5.82 Å². The molecule has 3 aromatic rings. The Kier molecular flexibility index (Phi) is 5.14. The molecule has 5 nitrogen and oxygen atoms in total. The summed E-state index contributed by atoms with van der Waals surface area (Å²) < 4.78 is 18.7. The van der Waals surface area contributed by atoms with Crippen molar-refractivity contribution in [3.63, 3.8) is 0 Å². The minimum absolute atomic E-state index is 0.302. The predicted molar refractivity (Wildman–Crippen MR) is 104 cm³/mol. The summed E-state index contributed by atoms with van der Waals surface area (Å²) >= 11 is 0. The quantitative estimate of drug-likeness (QED) is 0.692. The number of hydrogen-bond acceptors (Lipinski definition) is 5. The number of anilines is 2. The third-order valence-electron chi connectivity index (χ3n) is 4.54. The average Bonchev–Trinajstić information content (AvgIpc) is 3.23. The second-order valence-electron chi connectivity index (χ2n) is 6.45. The molecule has 0 atom stereocenters. The number of nitrogens with zero attached hydrogens (tertiary/aromatic N) is 3. The van der Waals surface area contributed by atoms with E-state index in [2.05, 4.69) is 38.4 Å². The first-order chi connectivity index (χ1) is 13.3. The minimum atomic E-state index is -0.302. The molecule has 1 fully saturated rings. The van der Waals surface area contributed by atoms with Crippen molar-refractivity contribution in [3.8, 4) is 11.6 Å². The van der Waals surface area contributed by atoms with Crippen LogP contribution < -0.4 is 15.0 Å². The molecule has 1 aromatic heterocycles. The number of aromatic nitrogens is 2. The van der Waals surface area contributed by atoms with Gasteiger partial charge in [0, 0.05) is 37.6 Å². The number of rotatable bonds is 6.